The van der Waals surface area contributed by atoms with Gasteiger partial charge in [0.05, 0.1) is 6.54 Å². The monoisotopic (exact) mass is 389 g/mol. The third-order valence-electron chi connectivity index (χ3n) is 4.64. The second-order valence-corrected chi connectivity index (χ2v) is 6.93. The van der Waals surface area contributed by atoms with Gasteiger partial charge in [-0.25, -0.2) is 9.78 Å². The highest BCUT2D eigenvalue weighted by Crippen LogP contribution is 2.21. The van der Waals surface area contributed by atoms with E-state index in [4.69, 9.17) is 11.6 Å². The number of aromatic amines is 1. The van der Waals surface area contributed by atoms with Crippen molar-refractivity contribution < 1.29 is 0 Å². The van der Waals surface area contributed by atoms with Crippen LogP contribution in [-0.2, 0) is 19.6 Å². The fourth-order valence-corrected chi connectivity index (χ4v) is 3.28. The van der Waals surface area contributed by atoms with Gasteiger partial charge in [-0.15, -0.1) is 0 Å². The van der Waals surface area contributed by atoms with Gasteiger partial charge in [0.2, 0.25) is 0 Å². The summed E-state index contributed by atoms with van der Waals surface area (Å²) >= 11 is 6.18. The van der Waals surface area contributed by atoms with Crippen molar-refractivity contribution in [3.05, 3.63) is 55.4 Å². The molecule has 0 aliphatic carbocycles. The first-order chi connectivity index (χ1) is 13.0. The molecule has 8 heteroatoms. The average molecular weight is 390 g/mol. The first kappa shape index (κ1) is 19.2. The third-order valence-corrected chi connectivity index (χ3v) is 5.05. The molecule has 27 heavy (non-hydrogen) atoms. The smallest absolute Gasteiger partial charge is 0.330 e. The quantitative estimate of drug-likeness (QED) is 0.649. The summed E-state index contributed by atoms with van der Waals surface area (Å²) in [5, 5.41) is 3.98. The van der Waals surface area contributed by atoms with Crippen molar-refractivity contribution in [2.24, 2.45) is 0 Å². The lowest BCUT2D eigenvalue weighted by molar-refractivity contribution is 0.613. The third kappa shape index (κ3) is 3.78. The molecule has 0 saturated carbocycles. The molecule has 1 aromatic carbocycles. The Morgan fingerprint density at radius 3 is 2.67 bits per heavy atom. The number of anilines is 1. The minimum absolute atomic E-state index is 0.401. The highest BCUT2D eigenvalue weighted by Gasteiger charge is 2.17. The largest absolute Gasteiger partial charge is 0.378 e. The van der Waals surface area contributed by atoms with Crippen molar-refractivity contribution in [3.63, 3.8) is 0 Å². The summed E-state index contributed by atoms with van der Waals surface area (Å²) in [5.74, 6) is 0.700. The number of fused-ring (bicyclic) bond motifs is 1. The van der Waals surface area contributed by atoms with Crippen molar-refractivity contribution in [2.75, 3.05) is 5.32 Å². The molecule has 0 spiro atoms. The molecule has 0 amide bonds. The Morgan fingerprint density at radius 1 is 1.22 bits per heavy atom. The maximum Gasteiger partial charge on any atom is 0.330 e. The van der Waals surface area contributed by atoms with Gasteiger partial charge >= 0.3 is 5.69 Å². The van der Waals surface area contributed by atoms with Crippen LogP contribution in [0.4, 0.5) is 5.69 Å². The molecule has 0 atom stereocenters. The maximum absolute atomic E-state index is 12.4. The Balaban J connectivity index is 2.02. The molecular formula is C19H24ClN5O2. The number of nitrogens with zero attached hydrogens (tertiary/aromatic N) is 3. The van der Waals surface area contributed by atoms with Crippen molar-refractivity contribution in [1.82, 2.24) is 19.1 Å². The molecule has 0 fully saturated rings. The molecule has 2 heterocycles. The summed E-state index contributed by atoms with van der Waals surface area (Å²) in [6, 6.07) is 5.75. The second kappa shape index (κ2) is 8.00. The van der Waals surface area contributed by atoms with E-state index in [1.807, 2.05) is 36.6 Å². The fraction of sp³-hybridized carbons (Fsp3) is 0.421. The lowest BCUT2D eigenvalue weighted by atomic mass is 10.2. The summed E-state index contributed by atoms with van der Waals surface area (Å²) in [5.41, 5.74) is 1.95. The van der Waals surface area contributed by atoms with E-state index in [-0.39, 0.29) is 0 Å². The van der Waals surface area contributed by atoms with Crippen LogP contribution in [0.3, 0.4) is 0 Å². The van der Waals surface area contributed by atoms with E-state index in [9.17, 15) is 9.59 Å². The molecular weight excluding hydrogens is 366 g/mol. The number of halogens is 1. The van der Waals surface area contributed by atoms with Gasteiger partial charge in [-0.1, -0.05) is 31.0 Å². The summed E-state index contributed by atoms with van der Waals surface area (Å²) in [4.78, 5) is 31.7. The standard InChI is InChI=1S/C19H24ClN5O2/c1-4-6-9-25-17-16(18(26)23-19(25)27)24(5-2)15(22-17)11-21-13-8-7-12(3)14(20)10-13/h7-8,10,21H,4-6,9,11H2,1-3H3,(H,23,26,27). The number of benzene rings is 1. The molecule has 0 unspecified atom stereocenters. The zero-order valence-electron chi connectivity index (χ0n) is 15.8. The molecule has 0 aliphatic rings. The predicted octanol–water partition coefficient (Wildman–Crippen LogP) is 3.28. The van der Waals surface area contributed by atoms with Gasteiger partial charge in [-0.3, -0.25) is 14.3 Å². The van der Waals surface area contributed by atoms with Gasteiger partial charge in [0, 0.05) is 23.8 Å². The Labute approximate surface area is 162 Å². The average Bonchev–Trinajstić information content (AvgIpc) is 3.01. The van der Waals surface area contributed by atoms with Crippen LogP contribution in [0.1, 0.15) is 38.1 Å². The second-order valence-electron chi connectivity index (χ2n) is 6.53. The van der Waals surface area contributed by atoms with Gasteiger partial charge in [-0.05, 0) is 38.0 Å². The highest BCUT2D eigenvalue weighted by atomic mass is 35.5. The minimum atomic E-state index is -0.411. The number of aryl methyl sites for hydroxylation is 3. The van der Waals surface area contributed by atoms with Crippen LogP contribution in [-0.4, -0.2) is 19.1 Å². The van der Waals surface area contributed by atoms with E-state index >= 15 is 0 Å². The molecule has 3 aromatic rings. The summed E-state index contributed by atoms with van der Waals surface area (Å²) in [6.45, 7) is 7.49. The maximum atomic E-state index is 12.4. The topological polar surface area (TPSA) is 84.7 Å². The number of imidazole rings is 1. The van der Waals surface area contributed by atoms with Crippen molar-refractivity contribution in [2.45, 2.75) is 53.2 Å². The molecule has 0 bridgehead atoms. The first-order valence-electron chi connectivity index (χ1n) is 9.18. The number of nitrogens with one attached hydrogen (secondary N) is 2. The zero-order chi connectivity index (χ0) is 19.6. The normalized spacial score (nSPS) is 11.3. The van der Waals surface area contributed by atoms with Crippen LogP contribution in [0.2, 0.25) is 5.02 Å². The van der Waals surface area contributed by atoms with Crippen molar-refractivity contribution in [1.29, 1.82) is 0 Å². The van der Waals surface area contributed by atoms with Crippen LogP contribution >= 0.6 is 11.6 Å². The lowest BCUT2D eigenvalue weighted by Gasteiger charge is -2.09. The van der Waals surface area contributed by atoms with E-state index in [2.05, 4.69) is 22.2 Å². The molecule has 2 N–H and O–H groups in total. The zero-order valence-corrected chi connectivity index (χ0v) is 16.6. The van der Waals surface area contributed by atoms with Crippen LogP contribution < -0.4 is 16.6 Å². The van der Waals surface area contributed by atoms with E-state index in [1.165, 1.54) is 0 Å². The molecule has 0 saturated heterocycles. The van der Waals surface area contributed by atoms with E-state index in [1.54, 1.807) is 4.57 Å². The molecule has 0 radical (unpaired) electrons. The van der Waals surface area contributed by atoms with E-state index < -0.39 is 11.2 Å². The number of hydrogen-bond acceptors (Lipinski definition) is 4. The fourth-order valence-electron chi connectivity index (χ4n) is 3.10. The summed E-state index contributed by atoms with van der Waals surface area (Å²) < 4.78 is 3.40. The van der Waals surface area contributed by atoms with Crippen LogP contribution in [0, 0.1) is 6.92 Å². The van der Waals surface area contributed by atoms with Crippen LogP contribution in [0.5, 0.6) is 0 Å². The Bertz CT molecular complexity index is 1080. The predicted molar refractivity (Wildman–Crippen MR) is 109 cm³/mol. The number of hydrogen-bond donors (Lipinski definition) is 2. The van der Waals surface area contributed by atoms with Gasteiger partial charge in [0.1, 0.15) is 5.82 Å². The van der Waals surface area contributed by atoms with Crippen LogP contribution in [0.15, 0.2) is 27.8 Å². The Hall–Kier alpha value is -2.54. The Kier molecular flexibility index (Phi) is 5.70. The SMILES string of the molecule is CCCCn1c(=O)[nH]c(=O)c2c1nc(CNc1ccc(C)c(Cl)c1)n2CC. The molecule has 0 aliphatic heterocycles. The minimum Gasteiger partial charge on any atom is -0.378 e. The van der Waals surface area contributed by atoms with Crippen molar-refractivity contribution in [3.8, 4) is 0 Å². The van der Waals surface area contributed by atoms with E-state index in [0.29, 0.717) is 41.6 Å². The van der Waals surface area contributed by atoms with Gasteiger partial charge < -0.3 is 9.88 Å². The first-order valence-corrected chi connectivity index (χ1v) is 9.56. The summed E-state index contributed by atoms with van der Waals surface area (Å²) in [7, 11) is 0. The van der Waals surface area contributed by atoms with Gasteiger partial charge in [0.15, 0.2) is 11.2 Å². The number of aromatic nitrogens is 4. The number of H-pyrrole nitrogens is 1. The van der Waals surface area contributed by atoms with Gasteiger partial charge in [-0.2, -0.15) is 0 Å². The molecule has 144 valence electrons. The lowest BCUT2D eigenvalue weighted by Crippen LogP contribution is -2.31. The van der Waals surface area contributed by atoms with Crippen LogP contribution in [0.25, 0.3) is 11.2 Å². The highest BCUT2D eigenvalue weighted by molar-refractivity contribution is 6.31. The molecule has 7 nitrogen and oxygen atoms in total. The van der Waals surface area contributed by atoms with Gasteiger partial charge in [0.25, 0.3) is 5.56 Å². The molecule has 2 aromatic heterocycles. The summed E-state index contributed by atoms with van der Waals surface area (Å²) in [6.07, 6.45) is 1.79. The molecule has 3 rings (SSSR count). The Morgan fingerprint density at radius 2 is 2.00 bits per heavy atom. The number of rotatable bonds is 7. The van der Waals surface area contributed by atoms with E-state index in [0.717, 1.165) is 24.1 Å². The number of unbranched alkanes of at least 4 members (excludes halogenated alkanes) is 1. The van der Waals surface area contributed by atoms with Crippen molar-refractivity contribution >= 4 is 28.5 Å².